The van der Waals surface area contributed by atoms with Gasteiger partial charge in [0.15, 0.2) is 0 Å². The van der Waals surface area contributed by atoms with Crippen LogP contribution in [0.1, 0.15) is 30.5 Å². The lowest BCUT2D eigenvalue weighted by Gasteiger charge is -2.20. The van der Waals surface area contributed by atoms with Gasteiger partial charge in [0.05, 0.1) is 17.3 Å². The van der Waals surface area contributed by atoms with E-state index in [4.69, 9.17) is 11.6 Å². The molecular formula is C15H15ClF2N2. The smallest absolute Gasteiger partial charge is 0.146 e. The highest BCUT2D eigenvalue weighted by atomic mass is 35.5. The molecule has 0 saturated heterocycles. The van der Waals surface area contributed by atoms with Gasteiger partial charge in [0.25, 0.3) is 0 Å². The summed E-state index contributed by atoms with van der Waals surface area (Å²) in [6.45, 7) is 2.62. The first-order valence-corrected chi connectivity index (χ1v) is 6.79. The molecule has 1 unspecified atom stereocenters. The number of rotatable bonds is 5. The van der Waals surface area contributed by atoms with E-state index in [1.807, 2.05) is 6.92 Å². The molecule has 1 atom stereocenters. The highest BCUT2D eigenvalue weighted by Crippen LogP contribution is 2.29. The number of pyridine rings is 1. The van der Waals surface area contributed by atoms with Gasteiger partial charge in [-0.3, -0.25) is 4.98 Å². The van der Waals surface area contributed by atoms with Gasteiger partial charge >= 0.3 is 0 Å². The predicted molar refractivity (Wildman–Crippen MR) is 75.7 cm³/mol. The summed E-state index contributed by atoms with van der Waals surface area (Å²) in [4.78, 5) is 3.72. The maximum Gasteiger partial charge on any atom is 0.146 e. The molecule has 0 aliphatic heterocycles. The Labute approximate surface area is 121 Å². The largest absolute Gasteiger partial charge is 0.306 e. The third-order valence-corrected chi connectivity index (χ3v) is 3.30. The monoisotopic (exact) mass is 296 g/mol. The van der Waals surface area contributed by atoms with E-state index in [0.717, 1.165) is 12.6 Å². The van der Waals surface area contributed by atoms with E-state index >= 15 is 0 Å². The Bertz CT molecular complexity index is 590. The van der Waals surface area contributed by atoms with Crippen LogP contribution in [0.25, 0.3) is 0 Å². The van der Waals surface area contributed by atoms with Crippen LogP contribution in [0.5, 0.6) is 0 Å². The molecule has 2 nitrogen and oxygen atoms in total. The van der Waals surface area contributed by atoms with Gasteiger partial charge in [0, 0.05) is 17.3 Å². The summed E-state index contributed by atoms with van der Waals surface area (Å²) in [6.07, 6.45) is 3.46. The van der Waals surface area contributed by atoms with Crippen LogP contribution < -0.4 is 5.32 Å². The molecule has 2 aromatic rings. The molecule has 1 aromatic heterocycles. The highest BCUT2D eigenvalue weighted by Gasteiger charge is 2.21. The quantitative estimate of drug-likeness (QED) is 0.898. The van der Waals surface area contributed by atoms with Crippen molar-refractivity contribution in [2.24, 2.45) is 0 Å². The number of halogens is 3. The maximum absolute atomic E-state index is 14.2. The zero-order chi connectivity index (χ0) is 14.5. The summed E-state index contributed by atoms with van der Waals surface area (Å²) in [5, 5.41) is 3.17. The molecule has 0 bridgehead atoms. The van der Waals surface area contributed by atoms with E-state index in [1.54, 1.807) is 18.2 Å². The summed E-state index contributed by atoms with van der Waals surface area (Å²) in [6, 6.07) is 5.69. The number of nitrogens with zero attached hydrogens (tertiary/aromatic N) is 1. The Morgan fingerprint density at radius 3 is 2.75 bits per heavy atom. The van der Waals surface area contributed by atoms with Crippen LogP contribution in [0.4, 0.5) is 8.78 Å². The van der Waals surface area contributed by atoms with Gasteiger partial charge in [-0.2, -0.15) is 0 Å². The van der Waals surface area contributed by atoms with Crippen molar-refractivity contribution in [3.63, 3.8) is 0 Å². The van der Waals surface area contributed by atoms with Crippen LogP contribution in [0.3, 0.4) is 0 Å². The van der Waals surface area contributed by atoms with Gasteiger partial charge in [-0.05, 0) is 25.1 Å². The Hall–Kier alpha value is -1.52. The van der Waals surface area contributed by atoms with Crippen molar-refractivity contribution in [2.45, 2.75) is 19.4 Å². The lowest BCUT2D eigenvalue weighted by molar-refractivity contribution is 0.518. The summed E-state index contributed by atoms with van der Waals surface area (Å²) < 4.78 is 28.1. The van der Waals surface area contributed by atoms with E-state index in [0.29, 0.717) is 17.7 Å². The van der Waals surface area contributed by atoms with Crippen molar-refractivity contribution >= 4 is 11.6 Å². The molecular weight excluding hydrogens is 282 g/mol. The molecule has 1 heterocycles. The third kappa shape index (κ3) is 3.14. The Balaban J connectivity index is 2.47. The average molecular weight is 297 g/mol. The van der Waals surface area contributed by atoms with Gasteiger partial charge in [-0.15, -0.1) is 0 Å². The van der Waals surface area contributed by atoms with Gasteiger partial charge in [-0.1, -0.05) is 30.7 Å². The highest BCUT2D eigenvalue weighted by molar-refractivity contribution is 6.30. The molecule has 1 N–H and O–H groups in total. The van der Waals surface area contributed by atoms with Crippen molar-refractivity contribution in [3.05, 3.63) is 64.4 Å². The standard InChI is InChI=1S/C15H15ClF2N2/c1-2-7-20-15(10-6-8-19-9-13(10)17)11-4-3-5-12(16)14(11)18/h3-6,8-9,15,20H,2,7H2,1H3. The molecule has 20 heavy (non-hydrogen) atoms. The number of hydrogen-bond acceptors (Lipinski definition) is 2. The second-order valence-electron chi connectivity index (χ2n) is 4.43. The first kappa shape index (κ1) is 14.9. The SMILES string of the molecule is CCCNC(c1ccncc1F)c1cccc(Cl)c1F. The van der Waals surface area contributed by atoms with Crippen LogP contribution in [0, 0.1) is 11.6 Å². The van der Waals surface area contributed by atoms with E-state index in [1.165, 1.54) is 12.3 Å². The van der Waals surface area contributed by atoms with Crippen LogP contribution in [0.2, 0.25) is 5.02 Å². The van der Waals surface area contributed by atoms with E-state index < -0.39 is 17.7 Å². The second kappa shape index (κ2) is 6.77. The first-order chi connectivity index (χ1) is 9.65. The Morgan fingerprint density at radius 1 is 1.25 bits per heavy atom. The first-order valence-electron chi connectivity index (χ1n) is 6.41. The lowest BCUT2D eigenvalue weighted by atomic mass is 9.98. The summed E-state index contributed by atoms with van der Waals surface area (Å²) in [5.41, 5.74) is 0.686. The minimum atomic E-state index is -0.586. The van der Waals surface area contributed by atoms with Crippen LogP contribution in [0.15, 0.2) is 36.7 Å². The van der Waals surface area contributed by atoms with Crippen molar-refractivity contribution in [3.8, 4) is 0 Å². The summed E-state index contributed by atoms with van der Waals surface area (Å²) >= 11 is 5.81. The van der Waals surface area contributed by atoms with E-state index in [2.05, 4.69) is 10.3 Å². The fraction of sp³-hybridized carbons (Fsp3) is 0.267. The molecule has 0 saturated carbocycles. The third-order valence-electron chi connectivity index (χ3n) is 3.01. The predicted octanol–water partition coefficient (Wildman–Crippen LogP) is 4.10. The van der Waals surface area contributed by atoms with E-state index in [-0.39, 0.29) is 5.02 Å². The molecule has 0 spiro atoms. The Kier molecular flexibility index (Phi) is 5.04. The number of nitrogens with one attached hydrogen (secondary N) is 1. The molecule has 0 fully saturated rings. The number of aromatic nitrogens is 1. The lowest BCUT2D eigenvalue weighted by Crippen LogP contribution is -2.25. The summed E-state index contributed by atoms with van der Waals surface area (Å²) in [5.74, 6) is -1.00. The van der Waals surface area contributed by atoms with Crippen molar-refractivity contribution in [1.82, 2.24) is 10.3 Å². The zero-order valence-electron chi connectivity index (χ0n) is 11.0. The van der Waals surface area contributed by atoms with Gasteiger partial charge in [-0.25, -0.2) is 8.78 Å². The van der Waals surface area contributed by atoms with Gasteiger partial charge in [0.1, 0.15) is 11.6 Å². The van der Waals surface area contributed by atoms with Crippen molar-refractivity contribution < 1.29 is 8.78 Å². The fourth-order valence-electron chi connectivity index (χ4n) is 2.04. The number of benzene rings is 1. The fourth-order valence-corrected chi connectivity index (χ4v) is 2.22. The second-order valence-corrected chi connectivity index (χ2v) is 4.83. The van der Waals surface area contributed by atoms with Gasteiger partial charge in [0.2, 0.25) is 0 Å². The molecule has 106 valence electrons. The van der Waals surface area contributed by atoms with Crippen molar-refractivity contribution in [1.29, 1.82) is 0 Å². The minimum absolute atomic E-state index is 0.0280. The van der Waals surface area contributed by atoms with E-state index in [9.17, 15) is 8.78 Å². The molecule has 5 heteroatoms. The topological polar surface area (TPSA) is 24.9 Å². The molecule has 2 rings (SSSR count). The normalized spacial score (nSPS) is 12.4. The molecule has 0 aliphatic carbocycles. The summed E-state index contributed by atoms with van der Waals surface area (Å²) in [7, 11) is 0. The maximum atomic E-state index is 14.2. The molecule has 0 aliphatic rings. The number of hydrogen-bond donors (Lipinski definition) is 1. The van der Waals surface area contributed by atoms with Crippen LogP contribution >= 0.6 is 11.6 Å². The van der Waals surface area contributed by atoms with Crippen LogP contribution in [-0.4, -0.2) is 11.5 Å². The molecule has 0 radical (unpaired) electrons. The Morgan fingerprint density at radius 2 is 2.05 bits per heavy atom. The van der Waals surface area contributed by atoms with Gasteiger partial charge < -0.3 is 5.32 Å². The minimum Gasteiger partial charge on any atom is -0.306 e. The average Bonchev–Trinajstić information content (AvgIpc) is 2.45. The van der Waals surface area contributed by atoms with Crippen molar-refractivity contribution in [2.75, 3.05) is 6.54 Å². The molecule has 1 aromatic carbocycles. The zero-order valence-corrected chi connectivity index (χ0v) is 11.8. The van der Waals surface area contributed by atoms with Crippen LogP contribution in [-0.2, 0) is 0 Å². The molecule has 0 amide bonds.